The van der Waals surface area contributed by atoms with Crippen LogP contribution in [-0.2, 0) is 0 Å². The fourth-order valence-electron chi connectivity index (χ4n) is 2.46. The minimum Gasteiger partial charge on any atom is -0.339 e. The summed E-state index contributed by atoms with van der Waals surface area (Å²) in [6.07, 6.45) is 2.04. The van der Waals surface area contributed by atoms with Crippen molar-refractivity contribution in [1.82, 2.24) is 10.2 Å². The summed E-state index contributed by atoms with van der Waals surface area (Å²) in [5, 5.41) is 3.18. The highest BCUT2D eigenvalue weighted by Gasteiger charge is 2.24. The predicted octanol–water partition coefficient (Wildman–Crippen LogP) is 3.08. The fraction of sp³-hybridized carbons (Fsp3) is 0.500. The van der Waals surface area contributed by atoms with Crippen molar-refractivity contribution in [3.63, 3.8) is 0 Å². The number of halogens is 3. The van der Waals surface area contributed by atoms with Gasteiger partial charge in [0.25, 0.3) is 5.91 Å². The lowest BCUT2D eigenvalue weighted by Gasteiger charge is -2.32. The molecule has 1 aliphatic heterocycles. The maximum absolute atomic E-state index is 13.0. The molecule has 1 saturated heterocycles. The number of amides is 1. The van der Waals surface area contributed by atoms with Crippen LogP contribution in [0.1, 0.15) is 23.2 Å². The summed E-state index contributed by atoms with van der Waals surface area (Å²) >= 11 is 3.25. The molecule has 0 atom stereocenters. The van der Waals surface area contributed by atoms with Gasteiger partial charge in [-0.1, -0.05) is 0 Å². The molecular weight excluding hydrogens is 347 g/mol. The van der Waals surface area contributed by atoms with Gasteiger partial charge in [0.05, 0.1) is 5.56 Å². The Kier molecular flexibility index (Phi) is 6.92. The van der Waals surface area contributed by atoms with E-state index in [2.05, 4.69) is 21.2 Å². The first kappa shape index (κ1) is 17.4. The van der Waals surface area contributed by atoms with E-state index in [1.807, 2.05) is 11.9 Å². The van der Waals surface area contributed by atoms with Gasteiger partial charge in [-0.15, -0.1) is 12.4 Å². The molecule has 20 heavy (non-hydrogen) atoms. The molecule has 0 aliphatic carbocycles. The van der Waals surface area contributed by atoms with E-state index in [0.29, 0.717) is 16.0 Å². The molecule has 112 valence electrons. The number of carbonyl (C=O) groups is 1. The van der Waals surface area contributed by atoms with Crippen molar-refractivity contribution in [2.75, 3.05) is 26.7 Å². The fourth-order valence-corrected chi connectivity index (χ4v) is 2.98. The van der Waals surface area contributed by atoms with Gasteiger partial charge >= 0.3 is 0 Å². The molecule has 3 nitrogen and oxygen atoms in total. The molecule has 1 amide bonds. The molecule has 2 rings (SSSR count). The van der Waals surface area contributed by atoms with Crippen molar-refractivity contribution in [3.05, 3.63) is 34.1 Å². The normalized spacial score (nSPS) is 15.8. The Morgan fingerprint density at radius 3 is 2.65 bits per heavy atom. The van der Waals surface area contributed by atoms with E-state index in [4.69, 9.17) is 0 Å². The second-order valence-corrected chi connectivity index (χ2v) is 5.77. The molecule has 1 N–H and O–H groups in total. The van der Waals surface area contributed by atoms with Crippen molar-refractivity contribution < 1.29 is 9.18 Å². The van der Waals surface area contributed by atoms with Crippen LogP contribution in [-0.4, -0.2) is 37.5 Å². The second kappa shape index (κ2) is 7.96. The maximum atomic E-state index is 13.0. The van der Waals surface area contributed by atoms with E-state index in [0.717, 1.165) is 32.5 Å². The van der Waals surface area contributed by atoms with E-state index in [1.54, 1.807) is 6.07 Å². The van der Waals surface area contributed by atoms with E-state index in [1.165, 1.54) is 12.1 Å². The van der Waals surface area contributed by atoms with Gasteiger partial charge in [0.15, 0.2) is 0 Å². The number of likely N-dealkylation sites (tertiary alicyclic amines) is 1. The van der Waals surface area contributed by atoms with Crippen LogP contribution in [0.25, 0.3) is 0 Å². The molecule has 1 aromatic carbocycles. The largest absolute Gasteiger partial charge is 0.339 e. The Balaban J connectivity index is 0.00000200. The lowest BCUT2D eigenvalue weighted by atomic mass is 9.96. The third kappa shape index (κ3) is 4.17. The quantitative estimate of drug-likeness (QED) is 0.893. The third-order valence-corrected chi connectivity index (χ3v) is 4.21. The summed E-state index contributed by atoms with van der Waals surface area (Å²) < 4.78 is 13.6. The molecule has 1 aliphatic rings. The van der Waals surface area contributed by atoms with Crippen molar-refractivity contribution in [2.45, 2.75) is 12.8 Å². The lowest BCUT2D eigenvalue weighted by molar-refractivity contribution is 0.0690. The first-order chi connectivity index (χ1) is 9.11. The highest BCUT2D eigenvalue weighted by Crippen LogP contribution is 2.23. The smallest absolute Gasteiger partial charge is 0.255 e. The predicted molar refractivity (Wildman–Crippen MR) is 83.9 cm³/mol. The lowest BCUT2D eigenvalue weighted by Crippen LogP contribution is -2.40. The molecule has 0 spiro atoms. The summed E-state index contributed by atoms with van der Waals surface area (Å²) in [5.41, 5.74) is 0.536. The number of carbonyl (C=O) groups excluding carboxylic acids is 1. The van der Waals surface area contributed by atoms with E-state index < -0.39 is 0 Å². The molecule has 0 saturated carbocycles. The van der Waals surface area contributed by atoms with Crippen LogP contribution in [0.4, 0.5) is 4.39 Å². The Labute approximate surface area is 133 Å². The van der Waals surface area contributed by atoms with Crippen molar-refractivity contribution >= 4 is 34.2 Å². The maximum Gasteiger partial charge on any atom is 0.255 e. The highest BCUT2D eigenvalue weighted by molar-refractivity contribution is 9.10. The summed E-state index contributed by atoms with van der Waals surface area (Å²) in [6, 6.07) is 4.20. The van der Waals surface area contributed by atoms with Crippen LogP contribution in [0, 0.1) is 11.7 Å². The molecular formula is C14H19BrClFN2O. The molecule has 0 bridgehead atoms. The number of benzene rings is 1. The zero-order chi connectivity index (χ0) is 13.8. The highest BCUT2D eigenvalue weighted by atomic mass is 79.9. The number of piperidine rings is 1. The molecule has 1 fully saturated rings. The number of hydrogen-bond donors (Lipinski definition) is 1. The Morgan fingerprint density at radius 2 is 2.10 bits per heavy atom. The van der Waals surface area contributed by atoms with Crippen molar-refractivity contribution in [1.29, 1.82) is 0 Å². The van der Waals surface area contributed by atoms with Gasteiger partial charge in [0.1, 0.15) is 5.82 Å². The van der Waals surface area contributed by atoms with E-state index in [9.17, 15) is 9.18 Å². The Hall–Kier alpha value is -0.650. The van der Waals surface area contributed by atoms with E-state index in [-0.39, 0.29) is 24.1 Å². The minimum absolute atomic E-state index is 0. The molecule has 1 heterocycles. The standard InChI is InChI=1S/C14H18BrFN2O.ClH/c1-17-9-10-4-6-18(7-5-10)14(19)12-3-2-11(16)8-13(12)15;/h2-3,8,10,17H,4-7,9H2,1H3;1H. The second-order valence-electron chi connectivity index (χ2n) is 4.92. The van der Waals surface area contributed by atoms with E-state index >= 15 is 0 Å². The average Bonchev–Trinajstić information content (AvgIpc) is 2.39. The monoisotopic (exact) mass is 364 g/mol. The van der Waals surface area contributed by atoms with Gasteiger partial charge in [-0.05, 0) is 66.5 Å². The summed E-state index contributed by atoms with van der Waals surface area (Å²) in [6.45, 7) is 2.55. The first-order valence-electron chi connectivity index (χ1n) is 6.50. The molecule has 0 aromatic heterocycles. The number of nitrogens with zero attached hydrogens (tertiary/aromatic N) is 1. The summed E-state index contributed by atoms with van der Waals surface area (Å²) in [4.78, 5) is 14.2. The molecule has 6 heteroatoms. The van der Waals surface area contributed by atoms with Gasteiger partial charge in [0, 0.05) is 17.6 Å². The summed E-state index contributed by atoms with van der Waals surface area (Å²) in [7, 11) is 1.95. The van der Waals surface area contributed by atoms with Crippen LogP contribution in [0.15, 0.2) is 22.7 Å². The zero-order valence-electron chi connectivity index (χ0n) is 11.4. The number of nitrogens with one attached hydrogen (secondary N) is 1. The van der Waals surface area contributed by atoms with Gasteiger partial charge in [0.2, 0.25) is 0 Å². The number of hydrogen-bond acceptors (Lipinski definition) is 2. The van der Waals surface area contributed by atoms with Gasteiger partial charge in [-0.2, -0.15) is 0 Å². The molecule has 0 radical (unpaired) electrons. The average molecular weight is 366 g/mol. The van der Waals surface area contributed by atoms with Gasteiger partial charge in [-0.3, -0.25) is 4.79 Å². The van der Waals surface area contributed by atoms with Crippen LogP contribution >= 0.6 is 28.3 Å². The van der Waals surface area contributed by atoms with Crippen molar-refractivity contribution in [2.24, 2.45) is 5.92 Å². The molecule has 1 aromatic rings. The molecule has 0 unspecified atom stereocenters. The first-order valence-corrected chi connectivity index (χ1v) is 7.30. The van der Waals surface area contributed by atoms with Crippen molar-refractivity contribution in [3.8, 4) is 0 Å². The van der Waals surface area contributed by atoms with Gasteiger partial charge < -0.3 is 10.2 Å². The Morgan fingerprint density at radius 1 is 1.45 bits per heavy atom. The zero-order valence-corrected chi connectivity index (χ0v) is 13.8. The van der Waals surface area contributed by atoms with Crippen LogP contribution < -0.4 is 5.32 Å². The topological polar surface area (TPSA) is 32.3 Å². The van der Waals surface area contributed by atoms with Crippen LogP contribution in [0.3, 0.4) is 0 Å². The Bertz CT molecular complexity index is 464. The van der Waals surface area contributed by atoms with Crippen LogP contribution in [0.5, 0.6) is 0 Å². The summed E-state index contributed by atoms with van der Waals surface area (Å²) in [5.74, 6) is 0.289. The van der Waals surface area contributed by atoms with Gasteiger partial charge in [-0.25, -0.2) is 4.39 Å². The minimum atomic E-state index is -0.337. The SMILES string of the molecule is CNCC1CCN(C(=O)c2ccc(F)cc2Br)CC1.Cl. The third-order valence-electron chi connectivity index (χ3n) is 3.56. The van der Waals surface area contributed by atoms with Crippen LogP contribution in [0.2, 0.25) is 0 Å². The number of rotatable bonds is 3.